The van der Waals surface area contributed by atoms with E-state index in [-0.39, 0.29) is 0 Å². The normalized spacial score (nSPS) is 11.7. The number of nitrogens with zero attached hydrogens (tertiary/aromatic N) is 6. The zero-order chi connectivity index (χ0) is 42.8. The van der Waals surface area contributed by atoms with Crippen LogP contribution in [0.15, 0.2) is 223 Å². The average molecular weight is 833 g/mol. The molecule has 0 saturated carbocycles. The molecule has 0 aliphatic rings. The first-order valence-electron chi connectivity index (χ1n) is 21.7. The Morgan fingerprint density at radius 1 is 0.323 bits per heavy atom. The summed E-state index contributed by atoms with van der Waals surface area (Å²) in [5.41, 5.74) is 13.8. The van der Waals surface area contributed by atoms with Gasteiger partial charge in [0.05, 0.1) is 22.1 Å². The lowest BCUT2D eigenvalue weighted by Gasteiger charge is -2.14. The van der Waals surface area contributed by atoms with Gasteiger partial charge in [0, 0.05) is 60.7 Å². The summed E-state index contributed by atoms with van der Waals surface area (Å²) in [7, 11) is 0. The summed E-state index contributed by atoms with van der Waals surface area (Å²) in [6, 6.07) is 75.8. The Labute approximate surface area is 373 Å². The van der Waals surface area contributed by atoms with E-state index in [0.29, 0.717) is 23.4 Å². The van der Waals surface area contributed by atoms with Crippen molar-refractivity contribution >= 4 is 54.7 Å². The first-order valence-corrected chi connectivity index (χ1v) is 21.7. The van der Waals surface area contributed by atoms with Crippen molar-refractivity contribution in [3.05, 3.63) is 218 Å². The molecule has 0 N–H and O–H groups in total. The molecule has 13 aromatic rings. The lowest BCUT2D eigenvalue weighted by Crippen LogP contribution is -2.01. The van der Waals surface area contributed by atoms with E-state index < -0.39 is 0 Å². The van der Waals surface area contributed by atoms with Crippen molar-refractivity contribution in [2.24, 2.45) is 0 Å². The van der Waals surface area contributed by atoms with Gasteiger partial charge in [-0.3, -0.25) is 0 Å². The lowest BCUT2D eigenvalue weighted by molar-refractivity contribution is 0.621. The molecule has 0 radical (unpaired) electrons. The van der Waals surface area contributed by atoms with Crippen LogP contribution in [0.4, 0.5) is 0 Å². The van der Waals surface area contributed by atoms with E-state index in [1.54, 1.807) is 0 Å². The average Bonchev–Trinajstić information content (AvgIpc) is 4.08. The Morgan fingerprint density at radius 2 is 0.769 bits per heavy atom. The van der Waals surface area contributed by atoms with E-state index in [4.69, 9.17) is 24.4 Å². The highest BCUT2D eigenvalue weighted by Gasteiger charge is 2.23. The molecule has 0 fully saturated rings. The molecule has 13 rings (SSSR count). The Kier molecular flexibility index (Phi) is 8.39. The number of hydrogen-bond donors (Lipinski definition) is 0. The minimum Gasteiger partial charge on any atom is -0.435 e. The summed E-state index contributed by atoms with van der Waals surface area (Å²) in [5.74, 6) is 2.46. The predicted octanol–water partition coefficient (Wildman–Crippen LogP) is 14.5. The molecule has 65 heavy (non-hydrogen) atoms. The van der Waals surface area contributed by atoms with Crippen molar-refractivity contribution in [1.29, 1.82) is 0 Å². The third-order valence-electron chi connectivity index (χ3n) is 12.4. The van der Waals surface area contributed by atoms with Crippen LogP contribution in [0.25, 0.3) is 123 Å². The highest BCUT2D eigenvalue weighted by atomic mass is 16.3. The smallest absolute Gasteiger partial charge is 0.227 e. The van der Waals surface area contributed by atoms with Gasteiger partial charge >= 0.3 is 0 Å². The molecule has 0 amide bonds. The maximum absolute atomic E-state index is 6.53. The van der Waals surface area contributed by atoms with Crippen LogP contribution < -0.4 is 0 Å². The second-order valence-electron chi connectivity index (χ2n) is 16.2. The number of hydrogen-bond acceptors (Lipinski definition) is 5. The number of rotatable bonds is 7. The topological polar surface area (TPSA) is 74.6 Å². The highest BCUT2D eigenvalue weighted by Crippen LogP contribution is 2.43. The van der Waals surface area contributed by atoms with Crippen molar-refractivity contribution in [3.8, 4) is 68.1 Å². The Bertz CT molecular complexity index is 3890. The zero-order valence-corrected chi connectivity index (χ0v) is 34.9. The van der Waals surface area contributed by atoms with E-state index in [9.17, 15) is 0 Å². The van der Waals surface area contributed by atoms with Crippen LogP contribution in [0, 0.1) is 0 Å². The fourth-order valence-electron chi connectivity index (χ4n) is 9.45. The third kappa shape index (κ3) is 6.05. The van der Waals surface area contributed by atoms with Crippen LogP contribution in [-0.4, -0.2) is 29.1 Å². The summed E-state index contributed by atoms with van der Waals surface area (Å²) in [5, 5.41) is 4.68. The van der Waals surface area contributed by atoms with Crippen molar-refractivity contribution in [2.45, 2.75) is 0 Å². The van der Waals surface area contributed by atoms with Crippen molar-refractivity contribution in [3.63, 3.8) is 0 Å². The van der Waals surface area contributed by atoms with Gasteiger partial charge in [-0.05, 0) is 60.2 Å². The van der Waals surface area contributed by atoms with Gasteiger partial charge in [-0.25, -0.2) is 19.9 Å². The van der Waals surface area contributed by atoms with Gasteiger partial charge < -0.3 is 13.6 Å². The maximum Gasteiger partial charge on any atom is 0.227 e. The number of fused-ring (bicyclic) bond motifs is 8. The molecule has 0 aliphatic carbocycles. The molecule has 0 aliphatic heterocycles. The first kappa shape index (κ1) is 36.7. The zero-order valence-electron chi connectivity index (χ0n) is 34.9. The van der Waals surface area contributed by atoms with E-state index in [0.717, 1.165) is 83.3 Å². The third-order valence-corrected chi connectivity index (χ3v) is 12.4. The second kappa shape index (κ2) is 14.9. The molecule has 7 heteroatoms. The van der Waals surface area contributed by atoms with Crippen LogP contribution in [0.5, 0.6) is 0 Å². The highest BCUT2D eigenvalue weighted by molar-refractivity contribution is 6.24. The van der Waals surface area contributed by atoms with E-state index in [1.165, 1.54) is 16.2 Å². The summed E-state index contributed by atoms with van der Waals surface area (Å²) in [6.45, 7) is 0. The molecule has 4 heterocycles. The SMILES string of the molecule is c1ccc(-c2nc(-c3ccccc3)nc(-c3cccc(-n4c5ccccc5c5ccc6c7ccccc7n(-c7cccc(-c8cccc9nc(-c%10ccccc%10)oc89)c7)c6c54)c3)n2)cc1. The van der Waals surface area contributed by atoms with Gasteiger partial charge in [-0.15, -0.1) is 0 Å². The minimum absolute atomic E-state index is 0.606. The van der Waals surface area contributed by atoms with Crippen molar-refractivity contribution in [2.75, 3.05) is 0 Å². The van der Waals surface area contributed by atoms with Gasteiger partial charge in [0.15, 0.2) is 23.1 Å². The van der Waals surface area contributed by atoms with Crippen LogP contribution in [-0.2, 0) is 0 Å². The molecule has 0 saturated heterocycles. The number of aromatic nitrogens is 6. The van der Waals surface area contributed by atoms with Gasteiger partial charge in [-0.2, -0.15) is 0 Å². The molecule has 304 valence electrons. The van der Waals surface area contributed by atoms with E-state index >= 15 is 0 Å². The monoisotopic (exact) mass is 832 g/mol. The minimum atomic E-state index is 0.606. The van der Waals surface area contributed by atoms with Crippen molar-refractivity contribution < 1.29 is 4.42 Å². The summed E-state index contributed by atoms with van der Waals surface area (Å²) in [4.78, 5) is 20.1. The van der Waals surface area contributed by atoms with Crippen LogP contribution in [0.1, 0.15) is 0 Å². The van der Waals surface area contributed by atoms with Crippen molar-refractivity contribution in [1.82, 2.24) is 29.1 Å². The Hall–Kier alpha value is -8.94. The molecular weight excluding hydrogens is 797 g/mol. The molecule has 9 aromatic carbocycles. The molecule has 0 unspecified atom stereocenters. The Morgan fingerprint density at radius 3 is 1.34 bits per heavy atom. The van der Waals surface area contributed by atoms with Crippen LogP contribution in [0.3, 0.4) is 0 Å². The van der Waals surface area contributed by atoms with Gasteiger partial charge in [0.25, 0.3) is 0 Å². The number of oxazole rings is 1. The molecule has 7 nitrogen and oxygen atoms in total. The first-order chi connectivity index (χ1) is 32.2. The fraction of sp³-hybridized carbons (Fsp3) is 0. The van der Waals surface area contributed by atoms with E-state index in [1.807, 2.05) is 97.1 Å². The quantitative estimate of drug-likeness (QED) is 0.160. The second-order valence-corrected chi connectivity index (χ2v) is 16.2. The van der Waals surface area contributed by atoms with Crippen LogP contribution in [0.2, 0.25) is 0 Å². The largest absolute Gasteiger partial charge is 0.435 e. The number of benzene rings is 9. The maximum atomic E-state index is 6.53. The van der Waals surface area contributed by atoms with Gasteiger partial charge in [0.2, 0.25) is 5.89 Å². The predicted molar refractivity (Wildman–Crippen MR) is 263 cm³/mol. The summed E-state index contributed by atoms with van der Waals surface area (Å²) >= 11 is 0. The molecule has 4 aromatic heterocycles. The molecule has 0 bridgehead atoms. The molecule has 0 atom stereocenters. The van der Waals surface area contributed by atoms with Crippen LogP contribution >= 0.6 is 0 Å². The van der Waals surface area contributed by atoms with Gasteiger partial charge in [-0.1, -0.05) is 164 Å². The number of para-hydroxylation sites is 3. The fourth-order valence-corrected chi connectivity index (χ4v) is 9.45. The molecule has 0 spiro atoms. The standard InChI is InChI=1S/C58H36N6O/c1-4-17-37(18-5-1)55-60-56(38-19-6-2-7-20-38)62-57(61-55)41-24-15-26-43(36-41)64-51-32-13-11-28-46(51)48-34-33-47-45-27-10-12-31-50(45)63(52(47)53(48)64)42-25-14-23-40(35-42)44-29-16-30-49-54(44)65-58(59-49)39-21-8-3-9-22-39/h1-36H. The van der Waals surface area contributed by atoms with E-state index in [2.05, 4.69) is 130 Å². The van der Waals surface area contributed by atoms with Gasteiger partial charge in [0.1, 0.15) is 5.52 Å². The Balaban J connectivity index is 1.04. The summed E-state index contributed by atoms with van der Waals surface area (Å²) < 4.78 is 11.4. The lowest BCUT2D eigenvalue weighted by atomic mass is 10.0. The molecular formula is C58H36N6O. The summed E-state index contributed by atoms with van der Waals surface area (Å²) in [6.07, 6.45) is 0.